The Morgan fingerprint density at radius 1 is 1.15 bits per heavy atom. The van der Waals surface area contributed by atoms with Crippen LogP contribution in [0.1, 0.15) is 0 Å². The van der Waals surface area contributed by atoms with Crippen molar-refractivity contribution in [1.82, 2.24) is 9.97 Å². The number of aryl methyl sites for hydroxylation is 1. The van der Waals surface area contributed by atoms with Gasteiger partial charge in [0.2, 0.25) is 10.4 Å². The summed E-state index contributed by atoms with van der Waals surface area (Å²) in [6, 6.07) is 14.2. The van der Waals surface area contributed by atoms with Gasteiger partial charge in [0.15, 0.2) is 11.0 Å². The van der Waals surface area contributed by atoms with Crippen LogP contribution in [0.5, 0.6) is 5.75 Å². The predicted octanol–water partition coefficient (Wildman–Crippen LogP) is 1.80. The number of nitrogens with one attached hydrogen (secondary N) is 1. The summed E-state index contributed by atoms with van der Waals surface area (Å²) in [5.74, 6) is 0.838. The zero-order valence-corrected chi connectivity index (χ0v) is 15.2. The van der Waals surface area contributed by atoms with Crippen molar-refractivity contribution in [3.05, 3.63) is 42.5 Å². The van der Waals surface area contributed by atoms with Crippen LogP contribution in [0.25, 0.3) is 33.1 Å². The molecule has 4 aromatic rings. The van der Waals surface area contributed by atoms with E-state index in [2.05, 4.69) is 25.9 Å². The second-order valence-electron chi connectivity index (χ2n) is 5.47. The van der Waals surface area contributed by atoms with Crippen molar-refractivity contribution in [2.75, 3.05) is 14.2 Å². The average Bonchev–Trinajstić information content (AvgIpc) is 3.01. The standard InChI is InChI=1S/C16H13N3O.CH4O4S/c1-19-14-9-10(20-2)7-8-13(14)17-15-11-5-3-4-6-12(11)18-16(15)19;1-5-6(2,3)4/h3-9H,1-2H3;1H3,(H,2,3,4). The summed E-state index contributed by atoms with van der Waals surface area (Å²) in [6.45, 7) is 0. The molecule has 0 bridgehead atoms. The van der Waals surface area contributed by atoms with E-state index >= 15 is 0 Å². The topological polar surface area (TPSA) is 108 Å². The van der Waals surface area contributed by atoms with Crippen molar-refractivity contribution in [1.29, 1.82) is 0 Å². The summed E-state index contributed by atoms with van der Waals surface area (Å²) in [7, 11) is 0.115. The molecule has 0 saturated heterocycles. The summed E-state index contributed by atoms with van der Waals surface area (Å²) >= 11 is 0. The molecule has 0 amide bonds. The minimum atomic E-state index is -4.41. The van der Waals surface area contributed by atoms with Crippen molar-refractivity contribution in [2.24, 2.45) is 7.05 Å². The molecule has 0 aliphatic rings. The molecule has 0 fully saturated rings. The number of hydrogen-bond acceptors (Lipinski definition) is 6. The highest BCUT2D eigenvalue weighted by Gasteiger charge is 2.17. The number of aromatic amines is 1. The first-order chi connectivity index (χ1) is 12.3. The van der Waals surface area contributed by atoms with Gasteiger partial charge < -0.3 is 9.29 Å². The zero-order chi connectivity index (χ0) is 18.9. The third-order valence-corrected chi connectivity index (χ3v) is 4.38. The van der Waals surface area contributed by atoms with Crippen LogP contribution in [0.4, 0.5) is 0 Å². The van der Waals surface area contributed by atoms with Gasteiger partial charge in [-0.15, -0.1) is 0 Å². The number of H-pyrrole nitrogens is 1. The van der Waals surface area contributed by atoms with Crippen molar-refractivity contribution in [2.45, 2.75) is 0 Å². The first-order valence-electron chi connectivity index (χ1n) is 7.59. The van der Waals surface area contributed by atoms with E-state index in [1.165, 1.54) is 0 Å². The van der Waals surface area contributed by atoms with E-state index in [9.17, 15) is 13.0 Å². The largest absolute Gasteiger partial charge is 0.726 e. The molecule has 0 atom stereocenters. The molecule has 0 radical (unpaired) electrons. The molecule has 0 spiro atoms. The number of fused-ring (bicyclic) bond motifs is 4. The van der Waals surface area contributed by atoms with Crippen LogP contribution in [0.15, 0.2) is 42.5 Å². The molecule has 0 aliphatic carbocycles. The van der Waals surface area contributed by atoms with Gasteiger partial charge in [-0.2, -0.15) is 0 Å². The highest BCUT2D eigenvalue weighted by molar-refractivity contribution is 7.80. The molecule has 26 heavy (non-hydrogen) atoms. The number of methoxy groups -OCH3 is 1. The molecule has 1 N–H and O–H groups in total. The zero-order valence-electron chi connectivity index (χ0n) is 14.4. The molecule has 2 aromatic heterocycles. The van der Waals surface area contributed by atoms with E-state index < -0.39 is 10.4 Å². The number of hydrogen-bond donors (Lipinski definition) is 1. The summed E-state index contributed by atoms with van der Waals surface area (Å²) in [5.41, 5.74) is 5.13. The van der Waals surface area contributed by atoms with E-state index in [4.69, 9.17) is 9.72 Å². The number of para-hydroxylation sites is 1. The number of nitrogens with zero attached hydrogens (tertiary/aromatic N) is 2. The Kier molecular flexibility index (Phi) is 4.77. The second-order valence-corrected chi connectivity index (χ2v) is 6.62. The van der Waals surface area contributed by atoms with Gasteiger partial charge in [0.25, 0.3) is 0 Å². The van der Waals surface area contributed by atoms with Gasteiger partial charge in [0, 0.05) is 6.07 Å². The van der Waals surface area contributed by atoms with Crippen molar-refractivity contribution in [3.8, 4) is 5.75 Å². The van der Waals surface area contributed by atoms with Crippen LogP contribution < -0.4 is 9.30 Å². The third-order valence-electron chi connectivity index (χ3n) is 3.98. The van der Waals surface area contributed by atoms with E-state index in [1.807, 2.05) is 37.4 Å². The fraction of sp³-hybridized carbons (Fsp3) is 0.176. The van der Waals surface area contributed by atoms with E-state index in [1.54, 1.807) is 7.11 Å². The Morgan fingerprint density at radius 3 is 2.50 bits per heavy atom. The Morgan fingerprint density at radius 2 is 1.85 bits per heavy atom. The number of ether oxygens (including phenoxy) is 1. The minimum Gasteiger partial charge on any atom is -0.726 e. The van der Waals surface area contributed by atoms with Crippen LogP contribution >= 0.6 is 0 Å². The van der Waals surface area contributed by atoms with Gasteiger partial charge in [0.1, 0.15) is 16.8 Å². The monoisotopic (exact) mass is 375 g/mol. The normalized spacial score (nSPS) is 11.5. The first-order valence-corrected chi connectivity index (χ1v) is 8.93. The maximum absolute atomic E-state index is 9.22. The molecular weight excluding hydrogens is 358 g/mol. The third kappa shape index (κ3) is 3.45. The lowest BCUT2D eigenvalue weighted by molar-refractivity contribution is -0.619. The van der Waals surface area contributed by atoms with Crippen molar-refractivity contribution in [3.63, 3.8) is 0 Å². The van der Waals surface area contributed by atoms with Gasteiger partial charge in [-0.1, -0.05) is 12.1 Å². The molecule has 0 aliphatic heterocycles. The highest BCUT2D eigenvalue weighted by Crippen LogP contribution is 2.24. The van der Waals surface area contributed by atoms with Crippen LogP contribution in [-0.4, -0.2) is 37.2 Å². The van der Waals surface area contributed by atoms with Gasteiger partial charge in [-0.25, -0.2) is 23.0 Å². The van der Waals surface area contributed by atoms with Gasteiger partial charge in [-0.3, -0.25) is 4.18 Å². The Labute approximate surface area is 150 Å². The van der Waals surface area contributed by atoms with Crippen molar-refractivity contribution < 1.29 is 26.5 Å². The quantitative estimate of drug-likeness (QED) is 0.325. The Hall–Kier alpha value is -2.75. The van der Waals surface area contributed by atoms with Crippen LogP contribution in [0.2, 0.25) is 0 Å². The summed E-state index contributed by atoms with van der Waals surface area (Å²) in [5, 5.41) is 1.15. The number of aromatic nitrogens is 3. The highest BCUT2D eigenvalue weighted by atomic mass is 32.3. The SMILES string of the molecule is COS(=O)(=O)[O-].COc1ccc2nc3c4ccccc4[nH]c3[n+](C)c2c1. The molecule has 4 rings (SSSR count). The van der Waals surface area contributed by atoms with Gasteiger partial charge >= 0.3 is 5.65 Å². The lowest BCUT2D eigenvalue weighted by Gasteiger charge is -2.03. The first kappa shape index (κ1) is 18.1. The number of rotatable bonds is 2. The molecule has 0 unspecified atom stereocenters. The van der Waals surface area contributed by atoms with E-state index in [0.29, 0.717) is 0 Å². The molecule has 0 saturated carbocycles. The molecule has 9 heteroatoms. The molecule has 136 valence electrons. The smallest absolute Gasteiger partial charge is 0.306 e. The molecule has 2 heterocycles. The predicted molar refractivity (Wildman–Crippen MR) is 95.5 cm³/mol. The fourth-order valence-electron chi connectivity index (χ4n) is 2.70. The van der Waals surface area contributed by atoms with E-state index in [0.717, 1.165) is 46.0 Å². The summed E-state index contributed by atoms with van der Waals surface area (Å²) in [6.07, 6.45) is 0. The van der Waals surface area contributed by atoms with Crippen LogP contribution in [0.3, 0.4) is 0 Å². The molecule has 8 nitrogen and oxygen atoms in total. The Balaban J connectivity index is 0.000000286. The lowest BCUT2D eigenvalue weighted by Crippen LogP contribution is -2.30. The fourth-order valence-corrected chi connectivity index (χ4v) is 2.70. The van der Waals surface area contributed by atoms with Gasteiger partial charge in [0.05, 0.1) is 26.7 Å². The second kappa shape index (κ2) is 6.87. The van der Waals surface area contributed by atoms with E-state index in [-0.39, 0.29) is 0 Å². The van der Waals surface area contributed by atoms with Crippen LogP contribution in [0, 0.1) is 0 Å². The van der Waals surface area contributed by atoms with Gasteiger partial charge in [-0.05, 0) is 24.3 Å². The lowest BCUT2D eigenvalue weighted by atomic mass is 10.2. The number of benzene rings is 2. The molecular formula is C17H17N3O5S. The minimum absolute atomic E-state index is 0.808. The summed E-state index contributed by atoms with van der Waals surface area (Å²) < 4.78 is 38.4. The average molecular weight is 375 g/mol. The maximum Gasteiger partial charge on any atom is 0.306 e. The molecule has 2 aromatic carbocycles. The van der Waals surface area contributed by atoms with Crippen LogP contribution in [-0.2, 0) is 21.6 Å². The Bertz CT molecular complexity index is 1200. The van der Waals surface area contributed by atoms with Crippen molar-refractivity contribution >= 4 is 43.5 Å². The maximum atomic E-state index is 9.22. The summed E-state index contributed by atoms with van der Waals surface area (Å²) in [4.78, 5) is 8.23.